The predicted octanol–water partition coefficient (Wildman–Crippen LogP) is 2.62. The van der Waals surface area contributed by atoms with Crippen molar-refractivity contribution in [2.45, 2.75) is 38.5 Å². The normalized spacial score (nSPS) is 24.2. The minimum atomic E-state index is -0.804. The van der Waals surface area contributed by atoms with Crippen molar-refractivity contribution < 1.29 is 13.5 Å². The molecule has 2 atom stereocenters. The minimum Gasteiger partial charge on any atom is -0.374 e. The smallest absolute Gasteiger partial charge is 0.159 e. The van der Waals surface area contributed by atoms with Crippen LogP contribution in [0.5, 0.6) is 0 Å². The van der Waals surface area contributed by atoms with Gasteiger partial charge in [-0.1, -0.05) is 6.07 Å². The average molecular weight is 241 g/mol. The summed E-state index contributed by atoms with van der Waals surface area (Å²) in [4.78, 5) is 0. The Morgan fingerprint density at radius 1 is 1.29 bits per heavy atom. The molecule has 0 aromatic heterocycles. The van der Waals surface area contributed by atoms with Gasteiger partial charge in [0.1, 0.15) is 0 Å². The van der Waals surface area contributed by atoms with Crippen molar-refractivity contribution in [3.05, 3.63) is 35.4 Å². The molecule has 1 N–H and O–H groups in total. The van der Waals surface area contributed by atoms with Crippen molar-refractivity contribution >= 4 is 0 Å². The second kappa shape index (κ2) is 5.56. The first-order chi connectivity index (χ1) is 8.15. The fourth-order valence-corrected chi connectivity index (χ4v) is 2.06. The van der Waals surface area contributed by atoms with E-state index in [1.807, 2.05) is 0 Å². The lowest BCUT2D eigenvalue weighted by Crippen LogP contribution is -2.26. The molecule has 1 aliphatic rings. The molecule has 1 fully saturated rings. The Morgan fingerprint density at radius 3 is 2.76 bits per heavy atom. The van der Waals surface area contributed by atoms with Crippen LogP contribution in [0, 0.1) is 11.6 Å². The molecule has 0 bridgehead atoms. The number of rotatable bonds is 4. The van der Waals surface area contributed by atoms with E-state index < -0.39 is 11.6 Å². The maximum Gasteiger partial charge on any atom is 0.159 e. The molecule has 0 spiro atoms. The van der Waals surface area contributed by atoms with Crippen molar-refractivity contribution in [3.63, 3.8) is 0 Å². The molecular weight excluding hydrogens is 224 g/mol. The van der Waals surface area contributed by atoms with Crippen LogP contribution in [0.1, 0.15) is 25.3 Å². The monoisotopic (exact) mass is 241 g/mol. The summed E-state index contributed by atoms with van der Waals surface area (Å²) < 4.78 is 31.3. The van der Waals surface area contributed by atoms with Gasteiger partial charge in [0.15, 0.2) is 11.6 Å². The fourth-order valence-electron chi connectivity index (χ4n) is 2.06. The van der Waals surface area contributed by atoms with Crippen molar-refractivity contribution in [1.82, 2.24) is 5.32 Å². The molecule has 1 aromatic carbocycles. The summed E-state index contributed by atoms with van der Waals surface area (Å²) in [6.07, 6.45) is 2.74. The van der Waals surface area contributed by atoms with Crippen LogP contribution in [0.15, 0.2) is 18.2 Å². The SMILES string of the molecule is CC1CCC(CNCc2ccc(F)c(F)c2)O1. The zero-order valence-corrected chi connectivity index (χ0v) is 9.88. The molecule has 1 aromatic rings. The van der Waals surface area contributed by atoms with E-state index in [0.29, 0.717) is 12.6 Å². The second-order valence-corrected chi connectivity index (χ2v) is 4.53. The largest absolute Gasteiger partial charge is 0.374 e. The topological polar surface area (TPSA) is 21.3 Å². The Balaban J connectivity index is 1.76. The summed E-state index contributed by atoms with van der Waals surface area (Å²) in [5.74, 6) is -1.60. The molecule has 94 valence electrons. The van der Waals surface area contributed by atoms with Gasteiger partial charge in [-0.05, 0) is 37.5 Å². The molecule has 0 saturated carbocycles. The van der Waals surface area contributed by atoms with Gasteiger partial charge in [0, 0.05) is 13.1 Å². The molecule has 1 aliphatic heterocycles. The van der Waals surface area contributed by atoms with Crippen LogP contribution >= 0.6 is 0 Å². The summed E-state index contributed by atoms with van der Waals surface area (Å²) in [7, 11) is 0. The number of ether oxygens (including phenoxy) is 1. The zero-order valence-electron chi connectivity index (χ0n) is 9.88. The molecular formula is C13H17F2NO. The van der Waals surface area contributed by atoms with E-state index in [1.54, 1.807) is 6.07 Å². The number of hydrogen-bond donors (Lipinski definition) is 1. The zero-order chi connectivity index (χ0) is 12.3. The number of halogens is 2. The van der Waals surface area contributed by atoms with Gasteiger partial charge in [0.25, 0.3) is 0 Å². The van der Waals surface area contributed by atoms with Crippen molar-refractivity contribution in [3.8, 4) is 0 Å². The van der Waals surface area contributed by atoms with Gasteiger partial charge in [0.05, 0.1) is 12.2 Å². The predicted molar refractivity (Wildman–Crippen MR) is 61.6 cm³/mol. The first kappa shape index (κ1) is 12.5. The van der Waals surface area contributed by atoms with Gasteiger partial charge < -0.3 is 10.1 Å². The molecule has 2 rings (SSSR count). The van der Waals surface area contributed by atoms with Gasteiger partial charge in [-0.2, -0.15) is 0 Å². The van der Waals surface area contributed by atoms with Crippen LogP contribution in [0.4, 0.5) is 8.78 Å². The van der Waals surface area contributed by atoms with Crippen LogP contribution in [0.2, 0.25) is 0 Å². The van der Waals surface area contributed by atoms with Gasteiger partial charge in [-0.25, -0.2) is 8.78 Å². The van der Waals surface area contributed by atoms with E-state index >= 15 is 0 Å². The highest BCUT2D eigenvalue weighted by atomic mass is 19.2. The molecule has 17 heavy (non-hydrogen) atoms. The Hall–Kier alpha value is -1.00. The highest BCUT2D eigenvalue weighted by Gasteiger charge is 2.20. The third-order valence-electron chi connectivity index (χ3n) is 3.01. The molecule has 0 radical (unpaired) electrons. The Kier molecular flexibility index (Phi) is 4.07. The summed E-state index contributed by atoms with van der Waals surface area (Å²) in [5.41, 5.74) is 0.745. The maximum absolute atomic E-state index is 12.9. The lowest BCUT2D eigenvalue weighted by molar-refractivity contribution is 0.0559. The molecule has 2 nitrogen and oxygen atoms in total. The van der Waals surface area contributed by atoms with Gasteiger partial charge in [-0.3, -0.25) is 0 Å². The number of benzene rings is 1. The van der Waals surface area contributed by atoms with Crippen LogP contribution in [0.25, 0.3) is 0 Å². The molecule has 1 saturated heterocycles. The third-order valence-corrected chi connectivity index (χ3v) is 3.01. The van der Waals surface area contributed by atoms with Crippen LogP contribution in [-0.4, -0.2) is 18.8 Å². The molecule has 0 aliphatic carbocycles. The van der Waals surface area contributed by atoms with Crippen LogP contribution in [0.3, 0.4) is 0 Å². The summed E-state index contributed by atoms with van der Waals surface area (Å²) in [5, 5.41) is 3.20. The maximum atomic E-state index is 12.9. The van der Waals surface area contributed by atoms with E-state index in [0.717, 1.165) is 31.0 Å². The van der Waals surface area contributed by atoms with E-state index in [9.17, 15) is 8.78 Å². The molecule has 0 amide bonds. The summed E-state index contributed by atoms with van der Waals surface area (Å²) in [6, 6.07) is 3.96. The quantitative estimate of drug-likeness (QED) is 0.875. The Bertz CT molecular complexity index is 384. The lowest BCUT2D eigenvalue weighted by Gasteiger charge is -2.12. The Morgan fingerprint density at radius 2 is 2.12 bits per heavy atom. The third kappa shape index (κ3) is 3.48. The fraction of sp³-hybridized carbons (Fsp3) is 0.538. The minimum absolute atomic E-state index is 0.246. The van der Waals surface area contributed by atoms with Gasteiger partial charge >= 0.3 is 0 Å². The number of hydrogen-bond acceptors (Lipinski definition) is 2. The average Bonchev–Trinajstić information content (AvgIpc) is 2.70. The number of nitrogens with one attached hydrogen (secondary N) is 1. The van der Waals surface area contributed by atoms with Crippen molar-refractivity contribution in [1.29, 1.82) is 0 Å². The highest BCUT2D eigenvalue weighted by molar-refractivity contribution is 5.17. The van der Waals surface area contributed by atoms with Gasteiger partial charge in [-0.15, -0.1) is 0 Å². The second-order valence-electron chi connectivity index (χ2n) is 4.53. The summed E-state index contributed by atoms with van der Waals surface area (Å²) in [6.45, 7) is 3.35. The Labute approximate surface area is 100.0 Å². The summed E-state index contributed by atoms with van der Waals surface area (Å²) >= 11 is 0. The van der Waals surface area contributed by atoms with Crippen LogP contribution in [-0.2, 0) is 11.3 Å². The molecule has 1 heterocycles. The van der Waals surface area contributed by atoms with E-state index in [2.05, 4.69) is 12.2 Å². The lowest BCUT2D eigenvalue weighted by atomic mass is 10.2. The van der Waals surface area contributed by atoms with E-state index in [1.165, 1.54) is 6.07 Å². The first-order valence-electron chi connectivity index (χ1n) is 5.95. The van der Waals surface area contributed by atoms with Crippen molar-refractivity contribution in [2.24, 2.45) is 0 Å². The van der Waals surface area contributed by atoms with Crippen molar-refractivity contribution in [2.75, 3.05) is 6.54 Å². The standard InChI is InChI=1S/C13H17F2NO/c1-9-2-4-11(17-9)8-16-7-10-3-5-12(14)13(15)6-10/h3,5-6,9,11,16H,2,4,7-8H2,1H3. The molecule has 2 unspecified atom stereocenters. The van der Waals surface area contributed by atoms with Crippen LogP contribution < -0.4 is 5.32 Å². The van der Waals surface area contributed by atoms with E-state index in [4.69, 9.17) is 4.74 Å². The molecule has 4 heteroatoms. The highest BCUT2D eigenvalue weighted by Crippen LogP contribution is 2.18. The van der Waals surface area contributed by atoms with E-state index in [-0.39, 0.29) is 6.10 Å². The van der Waals surface area contributed by atoms with Gasteiger partial charge in [0.2, 0.25) is 0 Å². The first-order valence-corrected chi connectivity index (χ1v) is 5.95.